The van der Waals surface area contributed by atoms with Gasteiger partial charge in [0.15, 0.2) is 5.82 Å². The number of carbonyl (C=O) groups excluding carboxylic acids is 1. The molecule has 26 heavy (non-hydrogen) atoms. The number of piperidine rings is 1. The van der Waals surface area contributed by atoms with Crippen molar-refractivity contribution in [1.82, 2.24) is 25.1 Å². The molecule has 1 saturated heterocycles. The Bertz CT molecular complexity index is 1010. The molecule has 1 fully saturated rings. The molecule has 0 bridgehead atoms. The Hall–Kier alpha value is -3.16. The second-order valence-corrected chi connectivity index (χ2v) is 6.56. The molecule has 134 valence electrons. The molecule has 0 aliphatic carbocycles. The van der Waals surface area contributed by atoms with Gasteiger partial charge in [-0.15, -0.1) is 0 Å². The second kappa shape index (κ2) is 6.62. The number of benzene rings is 1. The highest BCUT2D eigenvalue weighted by Crippen LogP contribution is 2.18. The van der Waals surface area contributed by atoms with Crippen LogP contribution in [0, 0.1) is 0 Å². The monoisotopic (exact) mass is 352 g/mol. The van der Waals surface area contributed by atoms with Gasteiger partial charge in [-0.3, -0.25) is 14.7 Å². The van der Waals surface area contributed by atoms with E-state index in [0.717, 1.165) is 30.3 Å². The van der Waals surface area contributed by atoms with Crippen molar-refractivity contribution in [2.24, 2.45) is 7.05 Å². The maximum Gasteiger partial charge on any atom is 0.293 e. The molecule has 3 aromatic rings. The van der Waals surface area contributed by atoms with Crippen molar-refractivity contribution in [3.8, 4) is 0 Å². The van der Waals surface area contributed by atoms with Crippen molar-refractivity contribution in [2.45, 2.75) is 18.9 Å². The van der Waals surface area contributed by atoms with Crippen LogP contribution >= 0.6 is 0 Å². The van der Waals surface area contributed by atoms with Crippen LogP contribution in [0.2, 0.25) is 0 Å². The van der Waals surface area contributed by atoms with Crippen molar-refractivity contribution in [3.63, 3.8) is 0 Å². The van der Waals surface area contributed by atoms with Crippen LogP contribution in [0.4, 0.5) is 5.82 Å². The number of aromatic nitrogens is 4. The van der Waals surface area contributed by atoms with Crippen molar-refractivity contribution >= 4 is 22.6 Å². The topological polar surface area (TPSA) is 95.9 Å². The lowest BCUT2D eigenvalue weighted by Gasteiger charge is -2.33. The Kier molecular flexibility index (Phi) is 4.16. The molecule has 8 nitrogen and oxygen atoms in total. The zero-order valence-corrected chi connectivity index (χ0v) is 14.5. The van der Waals surface area contributed by atoms with Gasteiger partial charge >= 0.3 is 0 Å². The van der Waals surface area contributed by atoms with E-state index >= 15 is 0 Å². The third-order valence-electron chi connectivity index (χ3n) is 4.78. The van der Waals surface area contributed by atoms with E-state index in [2.05, 4.69) is 20.5 Å². The van der Waals surface area contributed by atoms with Gasteiger partial charge in [-0.25, -0.2) is 4.98 Å². The molecule has 8 heteroatoms. The summed E-state index contributed by atoms with van der Waals surface area (Å²) in [6, 6.07) is 5.48. The van der Waals surface area contributed by atoms with E-state index in [4.69, 9.17) is 0 Å². The third-order valence-corrected chi connectivity index (χ3v) is 4.78. The summed E-state index contributed by atoms with van der Waals surface area (Å²) in [6.45, 7) is 1.33. The van der Waals surface area contributed by atoms with Gasteiger partial charge < -0.3 is 14.8 Å². The molecule has 1 atom stereocenters. The summed E-state index contributed by atoms with van der Waals surface area (Å²) in [5, 5.41) is 10.8. The van der Waals surface area contributed by atoms with Gasteiger partial charge in [0.1, 0.15) is 0 Å². The lowest BCUT2D eigenvalue weighted by molar-refractivity contribution is 0.0935. The number of nitrogens with zero attached hydrogens (tertiary/aromatic N) is 4. The standard InChI is InChI=1S/C18H20N6O2/c1-23-9-7-19-16(18(23)26)24-8-3-4-12(11-24)21-17(25)13-5-2-6-15-14(13)10-20-22-15/h2,5-7,9-10,12H,3-4,8,11H2,1H3,(H,20,22)(H,21,25). The number of anilines is 1. The largest absolute Gasteiger partial charge is 0.350 e. The first-order valence-electron chi connectivity index (χ1n) is 8.63. The van der Waals surface area contributed by atoms with Crippen molar-refractivity contribution in [3.05, 3.63) is 52.7 Å². The average molecular weight is 352 g/mol. The van der Waals surface area contributed by atoms with E-state index in [9.17, 15) is 9.59 Å². The molecule has 0 radical (unpaired) electrons. The minimum Gasteiger partial charge on any atom is -0.350 e. The first-order chi connectivity index (χ1) is 12.6. The number of aromatic amines is 1. The summed E-state index contributed by atoms with van der Waals surface area (Å²) in [5.74, 6) is 0.309. The molecule has 1 aliphatic heterocycles. The van der Waals surface area contributed by atoms with Gasteiger partial charge in [-0.1, -0.05) is 6.07 Å². The first-order valence-corrected chi connectivity index (χ1v) is 8.63. The van der Waals surface area contributed by atoms with Gasteiger partial charge in [0, 0.05) is 44.0 Å². The van der Waals surface area contributed by atoms with Crippen molar-refractivity contribution in [1.29, 1.82) is 0 Å². The predicted octanol–water partition coefficient (Wildman–Crippen LogP) is 1.06. The molecule has 2 aromatic heterocycles. The van der Waals surface area contributed by atoms with Crippen LogP contribution in [0.25, 0.3) is 10.9 Å². The molecule has 1 aliphatic rings. The van der Waals surface area contributed by atoms with Gasteiger partial charge in [0.05, 0.1) is 17.3 Å². The third kappa shape index (κ3) is 2.94. The Labute approximate surface area is 149 Å². The van der Waals surface area contributed by atoms with E-state index in [1.165, 1.54) is 4.57 Å². The van der Waals surface area contributed by atoms with E-state index in [1.54, 1.807) is 31.7 Å². The fourth-order valence-electron chi connectivity index (χ4n) is 3.42. The van der Waals surface area contributed by atoms with Crippen LogP contribution in [0.3, 0.4) is 0 Å². The number of amides is 1. The summed E-state index contributed by atoms with van der Waals surface area (Å²) in [7, 11) is 1.71. The Balaban J connectivity index is 1.52. The highest BCUT2D eigenvalue weighted by Gasteiger charge is 2.25. The normalized spacial score (nSPS) is 17.4. The van der Waals surface area contributed by atoms with Crippen LogP contribution in [0.1, 0.15) is 23.2 Å². The predicted molar refractivity (Wildman–Crippen MR) is 98.3 cm³/mol. The zero-order chi connectivity index (χ0) is 18.1. The minimum absolute atomic E-state index is 0.0369. The average Bonchev–Trinajstić information content (AvgIpc) is 3.13. The van der Waals surface area contributed by atoms with E-state index in [-0.39, 0.29) is 17.5 Å². The van der Waals surface area contributed by atoms with Crippen molar-refractivity contribution in [2.75, 3.05) is 18.0 Å². The zero-order valence-electron chi connectivity index (χ0n) is 14.5. The Morgan fingerprint density at radius 3 is 3.15 bits per heavy atom. The van der Waals surface area contributed by atoms with Gasteiger partial charge in [-0.2, -0.15) is 5.10 Å². The highest BCUT2D eigenvalue weighted by atomic mass is 16.2. The summed E-state index contributed by atoms with van der Waals surface area (Å²) in [6.07, 6.45) is 6.69. The van der Waals surface area contributed by atoms with Gasteiger partial charge in [-0.05, 0) is 25.0 Å². The molecule has 1 unspecified atom stereocenters. The molecule has 0 saturated carbocycles. The van der Waals surface area contributed by atoms with Crippen LogP contribution in [0.5, 0.6) is 0 Å². The minimum atomic E-state index is -0.127. The van der Waals surface area contributed by atoms with E-state index in [0.29, 0.717) is 17.9 Å². The molecule has 4 rings (SSSR count). The highest BCUT2D eigenvalue weighted by molar-refractivity contribution is 6.06. The van der Waals surface area contributed by atoms with E-state index < -0.39 is 0 Å². The summed E-state index contributed by atoms with van der Waals surface area (Å²) < 4.78 is 1.52. The summed E-state index contributed by atoms with van der Waals surface area (Å²) in [5.41, 5.74) is 1.31. The molecule has 0 spiro atoms. The Morgan fingerprint density at radius 1 is 1.38 bits per heavy atom. The number of hydrogen-bond donors (Lipinski definition) is 2. The van der Waals surface area contributed by atoms with Gasteiger partial charge in [0.25, 0.3) is 11.5 Å². The molecule has 1 amide bonds. The maximum absolute atomic E-state index is 12.7. The quantitative estimate of drug-likeness (QED) is 0.735. The number of H-pyrrole nitrogens is 1. The van der Waals surface area contributed by atoms with Crippen molar-refractivity contribution < 1.29 is 4.79 Å². The number of nitrogens with one attached hydrogen (secondary N) is 2. The number of carbonyl (C=O) groups is 1. The van der Waals surface area contributed by atoms with Gasteiger partial charge in [0.2, 0.25) is 0 Å². The Morgan fingerprint density at radius 2 is 2.27 bits per heavy atom. The lowest BCUT2D eigenvalue weighted by atomic mass is 10.0. The number of hydrogen-bond acceptors (Lipinski definition) is 5. The fourth-order valence-corrected chi connectivity index (χ4v) is 3.42. The van der Waals surface area contributed by atoms with Crippen LogP contribution in [-0.4, -0.2) is 44.8 Å². The summed E-state index contributed by atoms with van der Waals surface area (Å²) >= 11 is 0. The van der Waals surface area contributed by atoms with Crippen LogP contribution in [0.15, 0.2) is 41.6 Å². The number of rotatable bonds is 3. The lowest BCUT2D eigenvalue weighted by Crippen LogP contribution is -2.49. The molecular weight excluding hydrogens is 332 g/mol. The first kappa shape index (κ1) is 16.3. The van der Waals surface area contributed by atoms with Crippen LogP contribution < -0.4 is 15.8 Å². The SMILES string of the molecule is Cn1ccnc(N2CCCC(NC(=O)c3cccc4[nH]ncc34)C2)c1=O. The molecule has 1 aromatic carbocycles. The molecule has 2 N–H and O–H groups in total. The second-order valence-electron chi connectivity index (χ2n) is 6.56. The van der Waals surface area contributed by atoms with E-state index in [1.807, 2.05) is 17.0 Å². The number of fused-ring (bicyclic) bond motifs is 1. The smallest absolute Gasteiger partial charge is 0.293 e. The molecule has 3 heterocycles. The van der Waals surface area contributed by atoms with Crippen LogP contribution in [-0.2, 0) is 7.05 Å². The maximum atomic E-state index is 12.7. The fraction of sp³-hybridized carbons (Fsp3) is 0.333. The summed E-state index contributed by atoms with van der Waals surface area (Å²) in [4.78, 5) is 31.2. The molecular formula is C18H20N6O2. The number of aryl methyl sites for hydroxylation is 1.